The van der Waals surface area contributed by atoms with Gasteiger partial charge in [-0.05, 0) is 37.1 Å². The van der Waals surface area contributed by atoms with Crippen LogP contribution >= 0.6 is 0 Å². The van der Waals surface area contributed by atoms with Crippen LogP contribution in [0.4, 0.5) is 13.2 Å². The van der Waals surface area contributed by atoms with Gasteiger partial charge in [0.1, 0.15) is 18.1 Å². The average molecular weight is 448 g/mol. The second-order valence-electron chi connectivity index (χ2n) is 7.50. The van der Waals surface area contributed by atoms with Crippen LogP contribution in [0.15, 0.2) is 57.7 Å². The van der Waals surface area contributed by atoms with Crippen molar-refractivity contribution in [3.05, 3.63) is 64.3 Å². The third kappa shape index (κ3) is 4.47. The number of hydrogen-bond acceptors (Lipinski definition) is 5. The number of hydrogen-bond donors (Lipinski definition) is 1. The van der Waals surface area contributed by atoms with E-state index in [0.29, 0.717) is 24.2 Å². The molecule has 0 aliphatic heterocycles. The fourth-order valence-electron chi connectivity index (χ4n) is 3.60. The van der Waals surface area contributed by atoms with Gasteiger partial charge in [-0.3, -0.25) is 9.59 Å². The van der Waals surface area contributed by atoms with Crippen LogP contribution in [-0.2, 0) is 15.7 Å². The first-order valence-electron chi connectivity index (χ1n) is 9.94. The second kappa shape index (κ2) is 8.66. The summed E-state index contributed by atoms with van der Waals surface area (Å²) in [6.45, 7) is 0.349. The van der Waals surface area contributed by atoms with E-state index in [-0.39, 0.29) is 36.4 Å². The third-order valence-corrected chi connectivity index (χ3v) is 5.35. The van der Waals surface area contributed by atoms with E-state index in [2.05, 4.69) is 0 Å². The largest absolute Gasteiger partial charge is 0.490 e. The summed E-state index contributed by atoms with van der Waals surface area (Å²) in [5.74, 6) is -0.932. The zero-order valence-corrected chi connectivity index (χ0v) is 16.7. The van der Waals surface area contributed by atoms with Crippen LogP contribution in [-0.4, -0.2) is 30.4 Å². The number of aliphatic carboxylic acids is 1. The molecule has 0 spiro atoms. The molecule has 9 heteroatoms. The van der Waals surface area contributed by atoms with E-state index in [4.69, 9.17) is 19.0 Å². The number of fused-ring (bicyclic) bond motifs is 1. The number of carboxylic acids is 1. The lowest BCUT2D eigenvalue weighted by Gasteiger charge is -2.32. The van der Waals surface area contributed by atoms with E-state index in [1.807, 2.05) is 0 Å². The Morgan fingerprint density at radius 2 is 1.84 bits per heavy atom. The number of carboxylic acid groups (broad SMARTS) is 1. The molecule has 0 atom stereocenters. The van der Waals surface area contributed by atoms with E-state index in [1.54, 1.807) is 24.3 Å². The highest BCUT2D eigenvalue weighted by molar-refractivity contribution is 5.82. The van der Waals surface area contributed by atoms with E-state index in [0.717, 1.165) is 12.1 Å². The number of halogens is 3. The molecule has 0 unspecified atom stereocenters. The first-order valence-corrected chi connectivity index (χ1v) is 9.94. The van der Waals surface area contributed by atoms with Gasteiger partial charge in [0.2, 0.25) is 0 Å². The quantitative estimate of drug-likeness (QED) is 0.526. The molecule has 168 valence electrons. The number of ether oxygens (including phenoxy) is 2. The number of carbonyl (C=O) groups is 1. The number of rotatable bonds is 7. The van der Waals surface area contributed by atoms with Crippen molar-refractivity contribution in [3.63, 3.8) is 0 Å². The molecular formula is C23H19F3O6. The van der Waals surface area contributed by atoms with E-state index in [1.165, 1.54) is 12.1 Å². The highest BCUT2D eigenvalue weighted by Crippen LogP contribution is 2.37. The van der Waals surface area contributed by atoms with E-state index >= 15 is 0 Å². The molecule has 4 rings (SSSR count). The summed E-state index contributed by atoms with van der Waals surface area (Å²) >= 11 is 0. The van der Waals surface area contributed by atoms with Gasteiger partial charge >= 0.3 is 12.1 Å². The predicted molar refractivity (Wildman–Crippen MR) is 109 cm³/mol. The Morgan fingerprint density at radius 3 is 2.56 bits per heavy atom. The normalized spacial score (nSPS) is 18.3. The van der Waals surface area contributed by atoms with E-state index in [9.17, 15) is 22.8 Å². The first kappa shape index (κ1) is 21.9. The summed E-state index contributed by atoms with van der Waals surface area (Å²) in [6.07, 6.45) is -3.90. The monoisotopic (exact) mass is 448 g/mol. The van der Waals surface area contributed by atoms with Crippen molar-refractivity contribution in [1.29, 1.82) is 0 Å². The van der Waals surface area contributed by atoms with Gasteiger partial charge in [0, 0.05) is 6.07 Å². The van der Waals surface area contributed by atoms with Crippen LogP contribution in [0.5, 0.6) is 5.75 Å². The molecule has 2 aromatic carbocycles. The maximum Gasteiger partial charge on any atom is 0.420 e. The standard InChI is InChI=1S/C23H19F3O6/c24-23(25,26)17-6-3-5-15-18(27)12-20(32-21(15)17)16-4-1-2-7-19(16)31-9-8-30-14-10-13(11-14)22(28)29/h1-7,12-14H,8-11H2,(H,28,29). The van der Waals surface area contributed by atoms with Gasteiger partial charge in [0.25, 0.3) is 0 Å². The van der Waals surface area contributed by atoms with E-state index < -0.39 is 28.7 Å². The number of benzene rings is 2. The van der Waals surface area contributed by atoms with Crippen molar-refractivity contribution in [2.24, 2.45) is 5.92 Å². The molecule has 6 nitrogen and oxygen atoms in total. The van der Waals surface area contributed by atoms with Crippen LogP contribution in [0.3, 0.4) is 0 Å². The fourth-order valence-corrected chi connectivity index (χ4v) is 3.60. The Labute approximate surface area is 180 Å². The van der Waals surface area contributed by atoms with Gasteiger partial charge in [0.05, 0.1) is 35.1 Å². The molecule has 1 aliphatic carbocycles. The zero-order valence-electron chi connectivity index (χ0n) is 16.7. The molecule has 1 aromatic heterocycles. The molecule has 0 amide bonds. The van der Waals surface area contributed by atoms with Gasteiger partial charge in [0.15, 0.2) is 11.0 Å². The Hall–Kier alpha value is -3.33. The Morgan fingerprint density at radius 1 is 1.09 bits per heavy atom. The first-order chi connectivity index (χ1) is 15.2. The molecule has 1 heterocycles. The van der Waals surface area contributed by atoms with Gasteiger partial charge in [-0.15, -0.1) is 0 Å². The molecule has 32 heavy (non-hydrogen) atoms. The van der Waals surface area contributed by atoms with Crippen molar-refractivity contribution in [3.8, 4) is 17.1 Å². The Balaban J connectivity index is 1.53. The summed E-state index contributed by atoms with van der Waals surface area (Å²) in [5.41, 5.74) is -1.82. The summed E-state index contributed by atoms with van der Waals surface area (Å²) in [6, 6.07) is 11.0. The predicted octanol–water partition coefficient (Wildman–Crippen LogP) is 4.74. The Bertz CT molecular complexity index is 1190. The average Bonchev–Trinajstić information content (AvgIpc) is 2.71. The SMILES string of the molecule is O=C(O)C1CC(OCCOc2ccccc2-c2cc(=O)c3cccc(C(F)(F)F)c3o2)C1. The lowest BCUT2D eigenvalue weighted by Crippen LogP contribution is -2.37. The van der Waals surface area contributed by atoms with Gasteiger partial charge < -0.3 is 19.0 Å². The van der Waals surface area contributed by atoms with Gasteiger partial charge in [-0.1, -0.05) is 18.2 Å². The summed E-state index contributed by atoms with van der Waals surface area (Å²) < 4.78 is 57.0. The summed E-state index contributed by atoms with van der Waals surface area (Å²) in [4.78, 5) is 23.3. The minimum absolute atomic E-state index is 0.0426. The van der Waals surface area contributed by atoms with Crippen molar-refractivity contribution in [2.75, 3.05) is 13.2 Å². The maximum absolute atomic E-state index is 13.4. The molecule has 1 saturated carbocycles. The van der Waals surface area contributed by atoms with Crippen molar-refractivity contribution in [2.45, 2.75) is 25.1 Å². The van der Waals surface area contributed by atoms with Crippen LogP contribution in [0.2, 0.25) is 0 Å². The van der Waals surface area contributed by atoms with Crippen molar-refractivity contribution in [1.82, 2.24) is 0 Å². The molecule has 1 fully saturated rings. The molecular weight excluding hydrogens is 429 g/mol. The van der Waals surface area contributed by atoms with Gasteiger partial charge in [-0.2, -0.15) is 13.2 Å². The second-order valence-corrected chi connectivity index (χ2v) is 7.50. The van der Waals surface area contributed by atoms with Crippen LogP contribution in [0, 0.1) is 5.92 Å². The van der Waals surface area contributed by atoms with Crippen LogP contribution in [0.25, 0.3) is 22.3 Å². The summed E-state index contributed by atoms with van der Waals surface area (Å²) in [7, 11) is 0. The highest BCUT2D eigenvalue weighted by atomic mass is 19.4. The van der Waals surface area contributed by atoms with Crippen molar-refractivity contribution >= 4 is 16.9 Å². The number of para-hydroxylation sites is 2. The van der Waals surface area contributed by atoms with Crippen LogP contribution < -0.4 is 10.2 Å². The smallest absolute Gasteiger partial charge is 0.420 e. The molecule has 1 aliphatic rings. The molecule has 0 bridgehead atoms. The topological polar surface area (TPSA) is 86.0 Å². The molecule has 1 N–H and O–H groups in total. The maximum atomic E-state index is 13.4. The summed E-state index contributed by atoms with van der Waals surface area (Å²) in [5, 5.41) is 8.73. The zero-order chi connectivity index (χ0) is 22.9. The van der Waals surface area contributed by atoms with Gasteiger partial charge in [-0.25, -0.2) is 0 Å². The lowest BCUT2D eigenvalue weighted by molar-refractivity contribution is -0.151. The highest BCUT2D eigenvalue weighted by Gasteiger charge is 2.35. The minimum Gasteiger partial charge on any atom is -0.490 e. The molecule has 0 saturated heterocycles. The number of alkyl halides is 3. The van der Waals surface area contributed by atoms with Crippen LogP contribution in [0.1, 0.15) is 18.4 Å². The lowest BCUT2D eigenvalue weighted by atomic mass is 9.82. The fraction of sp³-hybridized carbons (Fsp3) is 0.304. The third-order valence-electron chi connectivity index (χ3n) is 5.35. The van der Waals surface area contributed by atoms with Crippen molar-refractivity contribution < 1.29 is 37.0 Å². The Kier molecular flexibility index (Phi) is 5.92. The molecule has 0 radical (unpaired) electrons. The minimum atomic E-state index is -4.68. The molecule has 3 aromatic rings.